The summed E-state index contributed by atoms with van der Waals surface area (Å²) in [5, 5.41) is 0. The predicted octanol–water partition coefficient (Wildman–Crippen LogP) is 7.24. The van der Waals surface area contributed by atoms with Gasteiger partial charge in [0.1, 0.15) is 0 Å². The molecule has 0 radical (unpaired) electrons. The lowest BCUT2D eigenvalue weighted by Gasteiger charge is -2.30. The van der Waals surface area contributed by atoms with Gasteiger partial charge in [-0.25, -0.2) is 0 Å². The van der Waals surface area contributed by atoms with Crippen LogP contribution in [0.4, 0.5) is 0 Å². The third kappa shape index (κ3) is 18.5. The molecule has 0 atom stereocenters. The molecule has 0 aliphatic carbocycles. The van der Waals surface area contributed by atoms with Crippen molar-refractivity contribution in [3.05, 3.63) is 0 Å². The molecule has 0 fully saturated rings. The third-order valence-electron chi connectivity index (χ3n) is 5.40. The summed E-state index contributed by atoms with van der Waals surface area (Å²) in [6, 6.07) is 0.965. The van der Waals surface area contributed by atoms with E-state index in [1.807, 2.05) is 0 Å². The molecule has 0 aromatic heterocycles. The van der Waals surface area contributed by atoms with E-state index in [2.05, 4.69) is 20.8 Å². The maximum Gasteiger partial charge on any atom is 0.500 e. The van der Waals surface area contributed by atoms with Crippen molar-refractivity contribution in [3.8, 4) is 0 Å². The van der Waals surface area contributed by atoms with Crippen LogP contribution in [0, 0.1) is 0 Å². The van der Waals surface area contributed by atoms with E-state index in [4.69, 9.17) is 19.0 Å². The van der Waals surface area contributed by atoms with Gasteiger partial charge in [0.2, 0.25) is 0 Å². The van der Waals surface area contributed by atoms with Crippen LogP contribution in [0.1, 0.15) is 124 Å². The number of hydrogen-bond acceptors (Lipinski definition) is 4. The third-order valence-corrected chi connectivity index (χ3v) is 8.29. The predicted molar refractivity (Wildman–Crippen MR) is 128 cm³/mol. The highest BCUT2D eigenvalue weighted by atomic mass is 28.4. The van der Waals surface area contributed by atoms with Crippen molar-refractivity contribution < 1.29 is 13.3 Å². The minimum Gasteiger partial charge on any atom is -0.373 e. The van der Waals surface area contributed by atoms with Crippen molar-refractivity contribution in [3.63, 3.8) is 0 Å². The highest BCUT2D eigenvalue weighted by molar-refractivity contribution is 6.60. The molecule has 0 unspecified atom stereocenters. The summed E-state index contributed by atoms with van der Waals surface area (Å²) in [6.45, 7) is 9.91. The van der Waals surface area contributed by atoms with Crippen molar-refractivity contribution in [2.24, 2.45) is 5.73 Å². The Morgan fingerprint density at radius 1 is 0.483 bits per heavy atom. The second-order valence-electron chi connectivity index (χ2n) is 8.36. The fourth-order valence-corrected chi connectivity index (χ4v) is 6.18. The first kappa shape index (κ1) is 29.1. The molecular formula is C24H53NO3Si. The van der Waals surface area contributed by atoms with Gasteiger partial charge in [0, 0.05) is 25.9 Å². The van der Waals surface area contributed by atoms with E-state index in [9.17, 15) is 0 Å². The van der Waals surface area contributed by atoms with E-state index >= 15 is 0 Å². The molecule has 0 bridgehead atoms. The Labute approximate surface area is 184 Å². The Kier molecular flexibility index (Phi) is 22.8. The van der Waals surface area contributed by atoms with E-state index < -0.39 is 8.80 Å². The lowest BCUT2D eigenvalue weighted by Crippen LogP contribution is -2.46. The molecule has 0 amide bonds. The molecule has 0 heterocycles. The lowest BCUT2D eigenvalue weighted by molar-refractivity contribution is 0.0546. The number of nitrogens with two attached hydrogens (primary N) is 1. The van der Waals surface area contributed by atoms with Crippen molar-refractivity contribution in [2.45, 2.75) is 130 Å². The van der Waals surface area contributed by atoms with Crippen molar-refractivity contribution in [2.75, 3.05) is 26.4 Å². The van der Waals surface area contributed by atoms with Crippen molar-refractivity contribution in [1.29, 1.82) is 0 Å². The summed E-state index contributed by atoms with van der Waals surface area (Å²) in [5.41, 5.74) is 5.65. The fraction of sp³-hybridized carbons (Fsp3) is 1.00. The van der Waals surface area contributed by atoms with E-state index in [1.165, 1.54) is 70.6 Å². The molecule has 0 aliphatic heterocycles. The quantitative estimate of drug-likeness (QED) is 0.129. The Morgan fingerprint density at radius 3 is 1.24 bits per heavy atom. The SMILES string of the molecule is CCCCCCO[Si](CCCCCCN)(OCCCCCC)OCCCCCC. The summed E-state index contributed by atoms with van der Waals surface area (Å²) in [7, 11) is -2.57. The van der Waals surface area contributed by atoms with Crippen LogP contribution in [0.3, 0.4) is 0 Å². The molecule has 0 aliphatic rings. The van der Waals surface area contributed by atoms with Gasteiger partial charge in [0.15, 0.2) is 0 Å². The largest absolute Gasteiger partial charge is 0.500 e. The summed E-state index contributed by atoms with van der Waals surface area (Å²) >= 11 is 0. The van der Waals surface area contributed by atoms with Gasteiger partial charge in [-0.15, -0.1) is 0 Å². The molecule has 0 saturated heterocycles. The Bertz CT molecular complexity index is 257. The van der Waals surface area contributed by atoms with Crippen LogP contribution in [-0.2, 0) is 13.3 Å². The smallest absolute Gasteiger partial charge is 0.373 e. The molecule has 0 saturated carbocycles. The van der Waals surface area contributed by atoms with Crippen molar-refractivity contribution >= 4 is 8.80 Å². The van der Waals surface area contributed by atoms with Gasteiger partial charge in [-0.2, -0.15) is 0 Å². The Hall–Kier alpha value is 0.0569. The van der Waals surface area contributed by atoms with Crippen LogP contribution in [-0.4, -0.2) is 35.2 Å². The van der Waals surface area contributed by atoms with Gasteiger partial charge in [0.05, 0.1) is 0 Å². The van der Waals surface area contributed by atoms with Gasteiger partial charge < -0.3 is 19.0 Å². The number of rotatable bonds is 24. The molecule has 5 heteroatoms. The standard InChI is InChI=1S/C24H53NO3Si/c1-4-7-10-16-21-26-29(24-19-14-13-15-20-25,27-22-17-11-8-5-2)28-23-18-12-9-6-3/h4-25H2,1-3H3. The average Bonchev–Trinajstić information content (AvgIpc) is 2.73. The summed E-state index contributed by atoms with van der Waals surface area (Å²) < 4.78 is 19.4. The van der Waals surface area contributed by atoms with Gasteiger partial charge in [0.25, 0.3) is 0 Å². The van der Waals surface area contributed by atoms with E-state index in [0.717, 1.165) is 64.5 Å². The molecule has 176 valence electrons. The maximum atomic E-state index is 6.47. The molecule has 2 N–H and O–H groups in total. The molecule has 0 aromatic rings. The zero-order chi connectivity index (χ0) is 21.5. The first-order valence-electron chi connectivity index (χ1n) is 12.9. The van der Waals surface area contributed by atoms with E-state index in [1.54, 1.807) is 0 Å². The van der Waals surface area contributed by atoms with Gasteiger partial charge in [-0.1, -0.05) is 91.4 Å². The highest BCUT2D eigenvalue weighted by Crippen LogP contribution is 2.22. The summed E-state index contributed by atoms with van der Waals surface area (Å²) in [6.07, 6.45) is 19.3. The van der Waals surface area contributed by atoms with Crippen LogP contribution in [0.2, 0.25) is 6.04 Å². The second-order valence-corrected chi connectivity index (χ2v) is 11.1. The molecule has 29 heavy (non-hydrogen) atoms. The zero-order valence-corrected chi connectivity index (χ0v) is 21.2. The topological polar surface area (TPSA) is 53.7 Å². The van der Waals surface area contributed by atoms with Gasteiger partial charge in [-0.05, 0) is 38.6 Å². The van der Waals surface area contributed by atoms with Crippen LogP contribution < -0.4 is 5.73 Å². The summed E-state index contributed by atoms with van der Waals surface area (Å²) in [4.78, 5) is 0. The van der Waals surface area contributed by atoms with Crippen LogP contribution in [0.25, 0.3) is 0 Å². The van der Waals surface area contributed by atoms with E-state index in [-0.39, 0.29) is 0 Å². The molecule has 4 nitrogen and oxygen atoms in total. The van der Waals surface area contributed by atoms with Gasteiger partial charge >= 0.3 is 8.80 Å². The number of hydrogen-bond donors (Lipinski definition) is 1. The summed E-state index contributed by atoms with van der Waals surface area (Å²) in [5.74, 6) is 0. The first-order valence-corrected chi connectivity index (χ1v) is 14.8. The minimum atomic E-state index is -2.57. The highest BCUT2D eigenvalue weighted by Gasteiger charge is 2.40. The molecule has 0 spiro atoms. The van der Waals surface area contributed by atoms with Gasteiger partial charge in [-0.3, -0.25) is 0 Å². The molecular weight excluding hydrogens is 378 g/mol. The Morgan fingerprint density at radius 2 is 0.862 bits per heavy atom. The normalized spacial score (nSPS) is 12.0. The van der Waals surface area contributed by atoms with Crippen LogP contribution in [0.15, 0.2) is 0 Å². The number of unbranched alkanes of at least 4 members (excludes halogenated alkanes) is 12. The first-order chi connectivity index (χ1) is 14.2. The second kappa shape index (κ2) is 22.7. The monoisotopic (exact) mass is 431 g/mol. The fourth-order valence-electron chi connectivity index (χ4n) is 3.45. The van der Waals surface area contributed by atoms with E-state index in [0.29, 0.717) is 0 Å². The molecule has 0 rings (SSSR count). The maximum absolute atomic E-state index is 6.47. The van der Waals surface area contributed by atoms with Crippen LogP contribution >= 0.6 is 0 Å². The average molecular weight is 432 g/mol. The zero-order valence-electron chi connectivity index (χ0n) is 20.2. The van der Waals surface area contributed by atoms with Crippen molar-refractivity contribution in [1.82, 2.24) is 0 Å². The molecule has 0 aromatic carbocycles. The van der Waals surface area contributed by atoms with Crippen LogP contribution in [0.5, 0.6) is 0 Å². The lowest BCUT2D eigenvalue weighted by atomic mass is 10.2. The Balaban J connectivity index is 4.69. The minimum absolute atomic E-state index is 0.790.